The van der Waals surface area contributed by atoms with E-state index in [-0.39, 0.29) is 29.5 Å². The number of nitrogens with one attached hydrogen (secondary N) is 2. The lowest BCUT2D eigenvalue weighted by atomic mass is 10.0. The van der Waals surface area contributed by atoms with Crippen LogP contribution < -0.4 is 10.6 Å². The van der Waals surface area contributed by atoms with Crippen LogP contribution in [0.25, 0.3) is 0 Å². The van der Waals surface area contributed by atoms with Crippen LogP contribution in [0.2, 0.25) is 0 Å². The second-order valence-corrected chi connectivity index (χ2v) is 10.2. The highest BCUT2D eigenvalue weighted by atomic mass is 32.2. The molecule has 3 heterocycles. The van der Waals surface area contributed by atoms with Crippen molar-refractivity contribution in [2.75, 3.05) is 23.7 Å². The van der Waals surface area contributed by atoms with Gasteiger partial charge in [0.2, 0.25) is 17.6 Å². The second kappa shape index (κ2) is 11.2. The first-order valence-corrected chi connectivity index (χ1v) is 12.7. The summed E-state index contributed by atoms with van der Waals surface area (Å²) in [5.74, 6) is -1.39. The van der Waals surface area contributed by atoms with Crippen LogP contribution in [0.4, 0.5) is 24.0 Å². The molecule has 0 spiro atoms. The lowest BCUT2D eigenvalue weighted by Gasteiger charge is -2.33. The quantitative estimate of drug-likeness (QED) is 0.298. The summed E-state index contributed by atoms with van der Waals surface area (Å²) in [4.78, 5) is 34.2. The number of hydrogen-bond donors (Lipinski definition) is 2. The van der Waals surface area contributed by atoms with E-state index in [1.54, 1.807) is 35.4 Å². The van der Waals surface area contributed by atoms with Gasteiger partial charge in [0.05, 0.1) is 22.4 Å². The van der Waals surface area contributed by atoms with Crippen molar-refractivity contribution in [3.63, 3.8) is 0 Å². The Morgan fingerprint density at radius 1 is 1.25 bits per heavy atom. The minimum atomic E-state index is -4.56. The molecule has 3 aromatic rings. The minimum Gasteiger partial charge on any atom is -0.435 e. The van der Waals surface area contributed by atoms with Crippen LogP contribution in [0.3, 0.4) is 0 Å². The standard InChI is InChI=1S/C23H22F3N5O3S2/c1-2-18(32)29-15-7-5-14(6-8-15)21(33)31-9-3-4-16(12-31)30-22-28-11-20(36-22)35-13-19-27-10-17(34-19)23(24,25)26/h2,5-8,10-11,16H,1,3-4,9,12-13H2,(H,28,30)(H,29,32)/t16-/m1/s1. The summed E-state index contributed by atoms with van der Waals surface area (Å²) >= 11 is 2.66. The smallest absolute Gasteiger partial charge is 0.435 e. The summed E-state index contributed by atoms with van der Waals surface area (Å²) in [6, 6.07) is 6.71. The molecular formula is C23H22F3N5O3S2. The summed E-state index contributed by atoms with van der Waals surface area (Å²) in [5.41, 5.74) is 1.11. The van der Waals surface area contributed by atoms with E-state index in [2.05, 4.69) is 27.2 Å². The molecule has 0 radical (unpaired) electrons. The van der Waals surface area contributed by atoms with Crippen LogP contribution in [0.1, 0.15) is 34.9 Å². The molecular weight excluding hydrogens is 515 g/mol. The highest BCUT2D eigenvalue weighted by Gasteiger charge is 2.35. The summed E-state index contributed by atoms with van der Waals surface area (Å²) in [6.07, 6.45) is 0.640. The first kappa shape index (κ1) is 25.8. The van der Waals surface area contributed by atoms with E-state index in [1.807, 2.05) is 0 Å². The van der Waals surface area contributed by atoms with Crippen molar-refractivity contribution in [3.8, 4) is 0 Å². The molecule has 2 N–H and O–H groups in total. The summed E-state index contributed by atoms with van der Waals surface area (Å²) in [5, 5.41) is 6.67. The molecule has 0 aliphatic carbocycles. The summed E-state index contributed by atoms with van der Waals surface area (Å²) in [7, 11) is 0. The van der Waals surface area contributed by atoms with Gasteiger partial charge in [-0.1, -0.05) is 17.9 Å². The number of likely N-dealkylation sites (tertiary alicyclic amines) is 1. The number of halogens is 3. The molecule has 190 valence electrons. The number of carbonyl (C=O) groups excluding carboxylic acids is 2. The zero-order chi connectivity index (χ0) is 25.7. The maximum absolute atomic E-state index is 13.0. The van der Waals surface area contributed by atoms with Gasteiger partial charge in [-0.15, -0.1) is 11.8 Å². The van der Waals surface area contributed by atoms with Gasteiger partial charge < -0.3 is 20.0 Å². The zero-order valence-corrected chi connectivity index (χ0v) is 20.5. The normalized spacial score (nSPS) is 16.0. The van der Waals surface area contributed by atoms with Crippen molar-refractivity contribution in [2.45, 2.75) is 35.0 Å². The van der Waals surface area contributed by atoms with Gasteiger partial charge in [0.25, 0.3) is 5.91 Å². The van der Waals surface area contributed by atoms with Gasteiger partial charge in [-0.05, 0) is 43.2 Å². The van der Waals surface area contributed by atoms with Gasteiger partial charge in [0.15, 0.2) is 5.13 Å². The highest BCUT2D eigenvalue weighted by molar-refractivity contribution is 8.00. The van der Waals surface area contributed by atoms with Crippen molar-refractivity contribution in [2.24, 2.45) is 0 Å². The van der Waals surface area contributed by atoms with Crippen molar-refractivity contribution in [1.29, 1.82) is 0 Å². The number of aromatic nitrogens is 2. The van der Waals surface area contributed by atoms with E-state index in [0.717, 1.165) is 17.1 Å². The first-order valence-electron chi connectivity index (χ1n) is 10.9. The lowest BCUT2D eigenvalue weighted by molar-refractivity contribution is -0.153. The Morgan fingerprint density at radius 3 is 2.72 bits per heavy atom. The molecule has 1 saturated heterocycles. The fourth-order valence-corrected chi connectivity index (χ4v) is 5.36. The Hall–Kier alpha value is -3.32. The number of piperidine rings is 1. The third-order valence-electron chi connectivity index (χ3n) is 5.28. The SMILES string of the molecule is C=CC(=O)Nc1ccc(C(=O)N2CCC[C@@H](Nc3ncc(SCc4ncc(C(F)(F)F)o4)s3)C2)cc1. The number of thiazole rings is 1. The van der Waals surface area contributed by atoms with Crippen molar-refractivity contribution in [1.82, 2.24) is 14.9 Å². The van der Waals surface area contributed by atoms with Gasteiger partial charge >= 0.3 is 6.18 Å². The summed E-state index contributed by atoms with van der Waals surface area (Å²) < 4.78 is 43.5. The van der Waals surface area contributed by atoms with Crippen LogP contribution in [-0.2, 0) is 16.7 Å². The molecule has 36 heavy (non-hydrogen) atoms. The molecule has 1 aliphatic rings. The van der Waals surface area contributed by atoms with Gasteiger partial charge in [-0.25, -0.2) is 9.97 Å². The molecule has 1 atom stereocenters. The van der Waals surface area contributed by atoms with Crippen LogP contribution >= 0.6 is 23.1 Å². The Labute approximate surface area is 213 Å². The van der Waals surface area contributed by atoms with Crippen molar-refractivity contribution >= 4 is 45.7 Å². The zero-order valence-electron chi connectivity index (χ0n) is 18.9. The van der Waals surface area contributed by atoms with Gasteiger partial charge in [-0.3, -0.25) is 9.59 Å². The first-order chi connectivity index (χ1) is 17.2. The number of nitrogens with zero attached hydrogens (tertiary/aromatic N) is 3. The Bertz CT molecular complexity index is 1230. The van der Waals surface area contributed by atoms with E-state index in [9.17, 15) is 22.8 Å². The number of benzene rings is 1. The van der Waals surface area contributed by atoms with Crippen LogP contribution in [0, 0.1) is 0 Å². The van der Waals surface area contributed by atoms with Gasteiger partial charge in [-0.2, -0.15) is 13.2 Å². The third kappa shape index (κ3) is 6.66. The number of rotatable bonds is 8. The van der Waals surface area contributed by atoms with Gasteiger partial charge in [0.1, 0.15) is 0 Å². The van der Waals surface area contributed by atoms with Crippen molar-refractivity contribution < 1.29 is 27.2 Å². The average molecular weight is 538 g/mol. The molecule has 1 fully saturated rings. The number of alkyl halides is 3. The van der Waals surface area contributed by atoms with Crippen LogP contribution in [0.5, 0.6) is 0 Å². The van der Waals surface area contributed by atoms with Crippen LogP contribution in [-0.4, -0.2) is 45.8 Å². The maximum atomic E-state index is 13.0. The number of oxazole rings is 1. The topological polar surface area (TPSA) is 100 Å². The monoisotopic (exact) mass is 537 g/mol. The molecule has 13 heteroatoms. The largest absolute Gasteiger partial charge is 0.451 e. The molecule has 0 saturated carbocycles. The van der Waals surface area contributed by atoms with E-state index in [0.29, 0.717) is 35.7 Å². The maximum Gasteiger partial charge on any atom is 0.451 e. The van der Waals surface area contributed by atoms with E-state index >= 15 is 0 Å². The highest BCUT2D eigenvalue weighted by Crippen LogP contribution is 2.34. The fourth-order valence-electron chi connectivity index (χ4n) is 3.56. The van der Waals surface area contributed by atoms with Gasteiger partial charge in [0, 0.05) is 30.4 Å². The predicted octanol–water partition coefficient (Wildman–Crippen LogP) is 5.28. The minimum absolute atomic E-state index is 0.00668. The summed E-state index contributed by atoms with van der Waals surface area (Å²) in [6.45, 7) is 4.55. The molecule has 2 aromatic heterocycles. The third-order valence-corrected chi connectivity index (χ3v) is 7.38. The number of hydrogen-bond acceptors (Lipinski definition) is 8. The second-order valence-electron chi connectivity index (χ2n) is 7.89. The van der Waals surface area contributed by atoms with E-state index < -0.39 is 11.9 Å². The predicted molar refractivity (Wildman–Crippen MR) is 131 cm³/mol. The van der Waals surface area contributed by atoms with E-state index in [4.69, 9.17) is 4.42 Å². The average Bonchev–Trinajstić information content (AvgIpc) is 3.52. The molecule has 0 unspecified atom stereocenters. The molecule has 0 bridgehead atoms. The molecule has 8 nitrogen and oxygen atoms in total. The fraction of sp³-hybridized carbons (Fsp3) is 0.304. The molecule has 1 aromatic carbocycles. The number of amides is 2. The molecule has 2 amide bonds. The number of carbonyl (C=O) groups is 2. The Morgan fingerprint density at radius 2 is 2.03 bits per heavy atom. The van der Waals surface area contributed by atoms with Crippen molar-refractivity contribution in [3.05, 3.63) is 66.5 Å². The Kier molecular flexibility index (Phi) is 7.99. The lowest BCUT2D eigenvalue weighted by Crippen LogP contribution is -2.45. The molecule has 1 aliphatic heterocycles. The van der Waals surface area contributed by atoms with E-state index in [1.165, 1.54) is 29.2 Å². The van der Waals surface area contributed by atoms with Crippen LogP contribution in [0.15, 0.2) is 57.9 Å². The Balaban J connectivity index is 1.29. The molecule has 4 rings (SSSR count). The number of anilines is 2. The number of thioether (sulfide) groups is 1.